The predicted octanol–water partition coefficient (Wildman–Crippen LogP) is 5.17. The molecule has 0 spiro atoms. The molecule has 1 rings (SSSR count). The molecular formula is C19H32O3. The Bertz CT molecular complexity index is 406. The molecule has 0 aromatic heterocycles. The highest BCUT2D eigenvalue weighted by Crippen LogP contribution is 2.28. The van der Waals surface area contributed by atoms with Crippen LogP contribution >= 0.6 is 0 Å². The summed E-state index contributed by atoms with van der Waals surface area (Å²) in [5.41, 5.74) is 2.90. The Morgan fingerprint density at radius 1 is 1.09 bits per heavy atom. The largest absolute Gasteiger partial charge is 0.475 e. The lowest BCUT2D eigenvalue weighted by Gasteiger charge is -2.23. The van der Waals surface area contributed by atoms with Crippen LogP contribution in [0.4, 0.5) is 0 Å². The first kappa shape index (κ1) is 20.6. The number of ketones is 1. The van der Waals surface area contributed by atoms with Gasteiger partial charge in [0.25, 0.3) is 0 Å². The molecule has 1 N–H and O–H groups in total. The molecule has 0 aromatic carbocycles. The molecule has 0 saturated heterocycles. The highest BCUT2D eigenvalue weighted by Gasteiger charge is 2.28. The maximum Gasteiger partial charge on any atom is 0.372 e. The molecule has 0 radical (unpaired) electrons. The van der Waals surface area contributed by atoms with Crippen molar-refractivity contribution in [2.45, 2.75) is 73.1 Å². The van der Waals surface area contributed by atoms with Crippen molar-refractivity contribution in [1.82, 2.24) is 0 Å². The van der Waals surface area contributed by atoms with Crippen molar-refractivity contribution in [3.8, 4) is 0 Å². The quantitative estimate of drug-likeness (QED) is 0.563. The van der Waals surface area contributed by atoms with Crippen molar-refractivity contribution in [2.75, 3.05) is 0 Å². The van der Waals surface area contributed by atoms with Gasteiger partial charge in [-0.3, -0.25) is 4.79 Å². The van der Waals surface area contributed by atoms with Crippen LogP contribution in [0, 0.1) is 11.8 Å². The third-order valence-corrected chi connectivity index (χ3v) is 4.18. The SMILES string of the molecule is CC1CCC(C(=O)C(=O)O)CC1.CC=C(C)CCC=C(C)C. The van der Waals surface area contributed by atoms with E-state index in [-0.39, 0.29) is 5.92 Å². The van der Waals surface area contributed by atoms with E-state index in [1.165, 1.54) is 24.0 Å². The molecule has 0 aliphatic heterocycles. The Morgan fingerprint density at radius 2 is 1.64 bits per heavy atom. The van der Waals surface area contributed by atoms with E-state index in [0.717, 1.165) is 25.7 Å². The van der Waals surface area contributed by atoms with Gasteiger partial charge in [0.05, 0.1) is 0 Å². The summed E-state index contributed by atoms with van der Waals surface area (Å²) in [6.07, 6.45) is 10.4. The Hall–Kier alpha value is -1.38. The number of hydrogen-bond donors (Lipinski definition) is 1. The summed E-state index contributed by atoms with van der Waals surface area (Å²) < 4.78 is 0. The fourth-order valence-corrected chi connectivity index (χ4v) is 2.43. The van der Waals surface area contributed by atoms with Crippen molar-refractivity contribution >= 4 is 11.8 Å². The molecule has 0 amide bonds. The van der Waals surface area contributed by atoms with E-state index < -0.39 is 11.8 Å². The maximum absolute atomic E-state index is 11.0. The first-order valence-electron chi connectivity index (χ1n) is 8.30. The van der Waals surface area contributed by atoms with Crippen LogP contribution in [0.15, 0.2) is 23.3 Å². The van der Waals surface area contributed by atoms with Crippen LogP contribution in [0.5, 0.6) is 0 Å². The van der Waals surface area contributed by atoms with Gasteiger partial charge in [0.2, 0.25) is 5.78 Å². The van der Waals surface area contributed by atoms with Gasteiger partial charge in [0.15, 0.2) is 0 Å². The average molecular weight is 308 g/mol. The average Bonchev–Trinajstić information content (AvgIpc) is 2.47. The fourth-order valence-electron chi connectivity index (χ4n) is 2.43. The van der Waals surface area contributed by atoms with E-state index in [0.29, 0.717) is 5.92 Å². The summed E-state index contributed by atoms with van der Waals surface area (Å²) in [7, 11) is 0. The first-order chi connectivity index (χ1) is 10.3. The Morgan fingerprint density at radius 3 is 2.05 bits per heavy atom. The topological polar surface area (TPSA) is 54.4 Å². The lowest BCUT2D eigenvalue weighted by Crippen LogP contribution is -2.26. The van der Waals surface area contributed by atoms with E-state index in [9.17, 15) is 9.59 Å². The van der Waals surface area contributed by atoms with E-state index in [1.54, 1.807) is 0 Å². The van der Waals surface area contributed by atoms with Gasteiger partial charge in [0.1, 0.15) is 0 Å². The summed E-state index contributed by atoms with van der Waals surface area (Å²) in [5.74, 6) is -1.42. The molecule has 1 aliphatic carbocycles. The molecule has 22 heavy (non-hydrogen) atoms. The number of hydrogen-bond acceptors (Lipinski definition) is 2. The van der Waals surface area contributed by atoms with Gasteiger partial charge in [0, 0.05) is 5.92 Å². The second-order valence-electron chi connectivity index (χ2n) is 6.58. The first-order valence-corrected chi connectivity index (χ1v) is 8.30. The molecule has 0 bridgehead atoms. The number of Topliss-reactive ketones (excluding diaryl/α,β-unsaturated/α-hetero) is 1. The molecule has 3 heteroatoms. The van der Waals surface area contributed by atoms with Crippen molar-refractivity contribution in [3.63, 3.8) is 0 Å². The molecule has 0 unspecified atom stereocenters. The maximum atomic E-state index is 11.0. The Kier molecular flexibility index (Phi) is 10.5. The zero-order chi connectivity index (χ0) is 17.1. The number of rotatable bonds is 5. The van der Waals surface area contributed by atoms with Crippen LogP contribution in [-0.4, -0.2) is 16.9 Å². The predicted molar refractivity (Wildman–Crippen MR) is 91.9 cm³/mol. The van der Waals surface area contributed by atoms with E-state index >= 15 is 0 Å². The minimum Gasteiger partial charge on any atom is -0.475 e. The molecule has 0 heterocycles. The van der Waals surface area contributed by atoms with E-state index in [1.807, 2.05) is 0 Å². The molecule has 1 fully saturated rings. The number of carboxylic acids is 1. The molecule has 126 valence electrons. The van der Waals surface area contributed by atoms with Crippen LogP contribution in [0.3, 0.4) is 0 Å². The summed E-state index contributed by atoms with van der Waals surface area (Å²) in [5, 5.41) is 8.45. The van der Waals surface area contributed by atoms with Crippen LogP contribution in [0.2, 0.25) is 0 Å². The Balaban J connectivity index is 0.000000409. The molecular weight excluding hydrogens is 276 g/mol. The van der Waals surface area contributed by atoms with Crippen LogP contribution < -0.4 is 0 Å². The van der Waals surface area contributed by atoms with Crippen molar-refractivity contribution in [2.24, 2.45) is 11.8 Å². The molecule has 1 saturated carbocycles. The van der Waals surface area contributed by atoms with Gasteiger partial charge >= 0.3 is 5.97 Å². The molecule has 0 atom stereocenters. The second-order valence-corrected chi connectivity index (χ2v) is 6.58. The monoisotopic (exact) mass is 308 g/mol. The van der Waals surface area contributed by atoms with Crippen molar-refractivity contribution in [1.29, 1.82) is 0 Å². The third-order valence-electron chi connectivity index (χ3n) is 4.18. The number of carbonyl (C=O) groups excluding carboxylic acids is 1. The van der Waals surface area contributed by atoms with Gasteiger partial charge in [-0.15, -0.1) is 0 Å². The number of aliphatic carboxylic acids is 1. The zero-order valence-corrected chi connectivity index (χ0v) is 14.8. The lowest BCUT2D eigenvalue weighted by molar-refractivity contribution is -0.151. The third kappa shape index (κ3) is 9.54. The minimum atomic E-state index is -1.27. The standard InChI is InChI=1S/C10H18.C9H14O3/c1-5-10(4)8-6-7-9(2)3;1-6-2-4-7(5-3-6)8(10)9(11)12/h5,7H,6,8H2,1-4H3;6-7H,2-5H2,1H3,(H,11,12). The van der Waals surface area contributed by atoms with E-state index in [4.69, 9.17) is 5.11 Å². The fraction of sp³-hybridized carbons (Fsp3) is 0.684. The summed E-state index contributed by atoms with van der Waals surface area (Å²) in [6.45, 7) is 10.7. The minimum absolute atomic E-state index is 0.210. The normalized spacial score (nSPS) is 21.4. The smallest absolute Gasteiger partial charge is 0.372 e. The highest BCUT2D eigenvalue weighted by molar-refractivity contribution is 6.33. The van der Waals surface area contributed by atoms with Crippen LogP contribution in [-0.2, 0) is 9.59 Å². The zero-order valence-electron chi connectivity index (χ0n) is 14.8. The summed E-state index contributed by atoms with van der Waals surface area (Å²) in [4.78, 5) is 21.3. The number of carbonyl (C=O) groups is 2. The highest BCUT2D eigenvalue weighted by atomic mass is 16.4. The van der Waals surface area contributed by atoms with Gasteiger partial charge in [-0.05, 0) is 59.3 Å². The van der Waals surface area contributed by atoms with Gasteiger partial charge in [-0.2, -0.15) is 0 Å². The summed E-state index contributed by atoms with van der Waals surface area (Å²) in [6, 6.07) is 0. The van der Waals surface area contributed by atoms with Gasteiger partial charge < -0.3 is 5.11 Å². The van der Waals surface area contributed by atoms with Crippen molar-refractivity contribution in [3.05, 3.63) is 23.3 Å². The van der Waals surface area contributed by atoms with Crippen molar-refractivity contribution < 1.29 is 14.7 Å². The molecule has 3 nitrogen and oxygen atoms in total. The number of allylic oxidation sites excluding steroid dienone is 4. The molecule has 1 aliphatic rings. The second kappa shape index (κ2) is 11.2. The van der Waals surface area contributed by atoms with Gasteiger partial charge in [-0.1, -0.05) is 43.1 Å². The summed E-state index contributed by atoms with van der Waals surface area (Å²) >= 11 is 0. The van der Waals surface area contributed by atoms with Gasteiger partial charge in [-0.25, -0.2) is 4.79 Å². The number of carboxylic acid groups (broad SMARTS) is 1. The van der Waals surface area contributed by atoms with Crippen LogP contribution in [0.1, 0.15) is 73.1 Å². The van der Waals surface area contributed by atoms with Crippen LogP contribution in [0.25, 0.3) is 0 Å². The van der Waals surface area contributed by atoms with E-state index in [2.05, 4.69) is 46.8 Å². The lowest BCUT2D eigenvalue weighted by atomic mass is 9.81. The Labute approximate surface area is 135 Å². The molecule has 0 aromatic rings.